The van der Waals surface area contributed by atoms with E-state index in [1.165, 1.54) is 6.33 Å². The van der Waals surface area contributed by atoms with Crippen molar-refractivity contribution in [2.75, 3.05) is 11.9 Å². The van der Waals surface area contributed by atoms with E-state index in [1.54, 1.807) is 4.52 Å². The number of hydrogen-bond acceptors (Lipinski definition) is 4. The standard InChI is InChI=1S/C10H15N5/c1-3-5-8-6-9(11-4-2)15-10(14-8)12-7-13-15/h6-7,11H,3-5H2,1-2H3. The van der Waals surface area contributed by atoms with Gasteiger partial charge >= 0.3 is 0 Å². The van der Waals surface area contributed by atoms with Gasteiger partial charge in [-0.05, 0) is 13.3 Å². The van der Waals surface area contributed by atoms with Gasteiger partial charge in [0.1, 0.15) is 12.1 Å². The van der Waals surface area contributed by atoms with Crippen molar-refractivity contribution in [3.63, 3.8) is 0 Å². The van der Waals surface area contributed by atoms with E-state index < -0.39 is 0 Å². The minimum atomic E-state index is 0.664. The third kappa shape index (κ3) is 1.91. The Hall–Kier alpha value is -1.65. The van der Waals surface area contributed by atoms with Gasteiger partial charge in [0.25, 0.3) is 5.78 Å². The Morgan fingerprint density at radius 1 is 1.40 bits per heavy atom. The van der Waals surface area contributed by atoms with Crippen molar-refractivity contribution in [2.45, 2.75) is 26.7 Å². The maximum absolute atomic E-state index is 4.42. The average molecular weight is 205 g/mol. The number of anilines is 1. The minimum Gasteiger partial charge on any atom is -0.370 e. The molecule has 0 aliphatic heterocycles. The SMILES string of the molecule is CCCc1cc(NCC)n2ncnc2n1. The van der Waals surface area contributed by atoms with Crippen LogP contribution in [-0.4, -0.2) is 26.1 Å². The van der Waals surface area contributed by atoms with Gasteiger partial charge < -0.3 is 5.32 Å². The molecule has 0 aliphatic rings. The smallest absolute Gasteiger partial charge is 0.254 e. The fraction of sp³-hybridized carbons (Fsp3) is 0.500. The van der Waals surface area contributed by atoms with Crippen molar-refractivity contribution >= 4 is 11.6 Å². The van der Waals surface area contributed by atoms with E-state index in [2.05, 4.69) is 34.2 Å². The van der Waals surface area contributed by atoms with Crippen LogP contribution >= 0.6 is 0 Å². The van der Waals surface area contributed by atoms with Gasteiger partial charge in [0.2, 0.25) is 0 Å². The molecule has 5 nitrogen and oxygen atoms in total. The van der Waals surface area contributed by atoms with Crippen LogP contribution in [0.4, 0.5) is 5.82 Å². The average Bonchev–Trinajstić information content (AvgIpc) is 2.67. The molecule has 15 heavy (non-hydrogen) atoms. The molecule has 0 amide bonds. The van der Waals surface area contributed by atoms with Crippen molar-refractivity contribution in [3.8, 4) is 0 Å². The molecule has 0 saturated heterocycles. The van der Waals surface area contributed by atoms with Gasteiger partial charge in [-0.2, -0.15) is 14.6 Å². The summed E-state index contributed by atoms with van der Waals surface area (Å²) in [5.41, 5.74) is 1.06. The summed E-state index contributed by atoms with van der Waals surface area (Å²) in [6.45, 7) is 5.07. The largest absolute Gasteiger partial charge is 0.370 e. The lowest BCUT2D eigenvalue weighted by Gasteiger charge is -2.07. The summed E-state index contributed by atoms with van der Waals surface area (Å²) >= 11 is 0. The molecule has 80 valence electrons. The molecule has 0 spiro atoms. The van der Waals surface area contributed by atoms with E-state index in [0.29, 0.717) is 5.78 Å². The van der Waals surface area contributed by atoms with Crippen LogP contribution in [0, 0.1) is 0 Å². The Kier molecular flexibility index (Phi) is 2.80. The van der Waals surface area contributed by atoms with Crippen molar-refractivity contribution in [1.29, 1.82) is 0 Å². The van der Waals surface area contributed by atoms with Crippen LogP contribution in [0.25, 0.3) is 5.78 Å². The van der Waals surface area contributed by atoms with Crippen LogP contribution in [-0.2, 0) is 6.42 Å². The number of nitrogens with zero attached hydrogens (tertiary/aromatic N) is 4. The summed E-state index contributed by atoms with van der Waals surface area (Å²) in [7, 11) is 0. The van der Waals surface area contributed by atoms with Crippen molar-refractivity contribution < 1.29 is 0 Å². The van der Waals surface area contributed by atoms with Crippen LogP contribution in [0.5, 0.6) is 0 Å². The molecule has 0 aliphatic carbocycles. The number of aryl methyl sites for hydroxylation is 1. The van der Waals surface area contributed by atoms with E-state index in [-0.39, 0.29) is 0 Å². The van der Waals surface area contributed by atoms with E-state index in [9.17, 15) is 0 Å². The second-order valence-corrected chi connectivity index (χ2v) is 3.38. The highest BCUT2D eigenvalue weighted by Crippen LogP contribution is 2.11. The topological polar surface area (TPSA) is 55.1 Å². The summed E-state index contributed by atoms with van der Waals surface area (Å²) in [4.78, 5) is 8.52. The first-order valence-electron chi connectivity index (χ1n) is 5.28. The molecule has 0 radical (unpaired) electrons. The first-order valence-corrected chi connectivity index (χ1v) is 5.28. The second-order valence-electron chi connectivity index (χ2n) is 3.38. The van der Waals surface area contributed by atoms with Gasteiger partial charge in [-0.15, -0.1) is 0 Å². The molecule has 2 heterocycles. The number of nitrogens with one attached hydrogen (secondary N) is 1. The molecule has 0 unspecified atom stereocenters. The first-order chi connectivity index (χ1) is 7.35. The monoisotopic (exact) mass is 205 g/mol. The molecule has 0 aromatic carbocycles. The normalized spacial score (nSPS) is 10.8. The Morgan fingerprint density at radius 2 is 2.27 bits per heavy atom. The predicted molar refractivity (Wildman–Crippen MR) is 58.9 cm³/mol. The number of aromatic nitrogens is 4. The molecule has 5 heteroatoms. The molecule has 0 fully saturated rings. The molecule has 0 bridgehead atoms. The Bertz CT molecular complexity index is 448. The quantitative estimate of drug-likeness (QED) is 0.822. The van der Waals surface area contributed by atoms with E-state index in [0.717, 1.165) is 30.9 Å². The lowest BCUT2D eigenvalue weighted by atomic mass is 10.2. The summed E-state index contributed by atoms with van der Waals surface area (Å²) in [6.07, 6.45) is 3.59. The van der Waals surface area contributed by atoms with Crippen LogP contribution in [0.2, 0.25) is 0 Å². The van der Waals surface area contributed by atoms with Crippen LogP contribution < -0.4 is 5.32 Å². The number of hydrogen-bond donors (Lipinski definition) is 1. The summed E-state index contributed by atoms with van der Waals surface area (Å²) in [5.74, 6) is 1.63. The fourth-order valence-electron chi connectivity index (χ4n) is 1.55. The molecule has 2 rings (SSSR count). The Morgan fingerprint density at radius 3 is 3.00 bits per heavy atom. The molecule has 0 saturated carbocycles. The summed E-state index contributed by atoms with van der Waals surface area (Å²) < 4.78 is 1.72. The van der Waals surface area contributed by atoms with Crippen LogP contribution in [0.15, 0.2) is 12.4 Å². The molecule has 2 aromatic heterocycles. The molecule has 0 atom stereocenters. The van der Waals surface area contributed by atoms with Gasteiger partial charge in [0.15, 0.2) is 0 Å². The van der Waals surface area contributed by atoms with Crippen LogP contribution in [0.3, 0.4) is 0 Å². The zero-order chi connectivity index (χ0) is 10.7. The van der Waals surface area contributed by atoms with Crippen molar-refractivity contribution in [2.24, 2.45) is 0 Å². The van der Waals surface area contributed by atoms with Gasteiger partial charge in [0.05, 0.1) is 0 Å². The van der Waals surface area contributed by atoms with Crippen LogP contribution in [0.1, 0.15) is 26.0 Å². The third-order valence-corrected chi connectivity index (χ3v) is 2.17. The fourth-order valence-corrected chi connectivity index (χ4v) is 1.55. The Balaban J connectivity index is 2.48. The molecule has 1 N–H and O–H groups in total. The highest BCUT2D eigenvalue weighted by molar-refractivity contribution is 5.44. The second kappa shape index (κ2) is 4.25. The van der Waals surface area contributed by atoms with Gasteiger partial charge in [-0.25, -0.2) is 4.98 Å². The lowest BCUT2D eigenvalue weighted by molar-refractivity contribution is 0.856. The maximum atomic E-state index is 4.42. The summed E-state index contributed by atoms with van der Waals surface area (Å²) in [6, 6.07) is 2.04. The van der Waals surface area contributed by atoms with Crippen molar-refractivity contribution in [1.82, 2.24) is 19.6 Å². The number of fused-ring (bicyclic) bond motifs is 1. The summed E-state index contributed by atoms with van der Waals surface area (Å²) in [5, 5.41) is 7.37. The third-order valence-electron chi connectivity index (χ3n) is 2.17. The van der Waals surface area contributed by atoms with E-state index in [4.69, 9.17) is 0 Å². The lowest BCUT2D eigenvalue weighted by Crippen LogP contribution is -2.07. The maximum Gasteiger partial charge on any atom is 0.254 e. The van der Waals surface area contributed by atoms with Gasteiger partial charge in [0, 0.05) is 18.3 Å². The number of rotatable bonds is 4. The van der Waals surface area contributed by atoms with Gasteiger partial charge in [-0.1, -0.05) is 13.3 Å². The molecular formula is C10H15N5. The van der Waals surface area contributed by atoms with E-state index in [1.807, 2.05) is 6.07 Å². The van der Waals surface area contributed by atoms with Gasteiger partial charge in [-0.3, -0.25) is 0 Å². The molecule has 2 aromatic rings. The van der Waals surface area contributed by atoms with Crippen molar-refractivity contribution in [3.05, 3.63) is 18.1 Å². The predicted octanol–water partition coefficient (Wildman–Crippen LogP) is 1.51. The first kappa shape index (κ1) is 9.89. The molecular weight excluding hydrogens is 190 g/mol. The zero-order valence-electron chi connectivity index (χ0n) is 9.06. The van der Waals surface area contributed by atoms with E-state index >= 15 is 0 Å². The minimum absolute atomic E-state index is 0.664. The highest BCUT2D eigenvalue weighted by atomic mass is 15.3. The Labute approximate surface area is 88.6 Å². The highest BCUT2D eigenvalue weighted by Gasteiger charge is 2.05. The zero-order valence-corrected chi connectivity index (χ0v) is 9.06.